The van der Waals surface area contributed by atoms with Crippen LogP contribution in [0.25, 0.3) is 0 Å². The third kappa shape index (κ3) is 2.62. The summed E-state index contributed by atoms with van der Waals surface area (Å²) >= 11 is 6.43. The Morgan fingerprint density at radius 1 is 1.16 bits per heavy atom. The number of hydrogen-bond acceptors (Lipinski definition) is 1. The Kier molecular flexibility index (Phi) is 3.48. The Morgan fingerprint density at radius 2 is 1.95 bits per heavy atom. The van der Waals surface area contributed by atoms with Crippen molar-refractivity contribution in [2.45, 2.75) is 25.3 Å². The summed E-state index contributed by atoms with van der Waals surface area (Å²) in [5.41, 5.74) is 3.78. The molecule has 19 heavy (non-hydrogen) atoms. The summed E-state index contributed by atoms with van der Waals surface area (Å²) in [5.74, 6) is 1.42. The lowest BCUT2D eigenvalue weighted by atomic mass is 10.1. The molecule has 0 aromatic heterocycles. The molecule has 0 aliphatic heterocycles. The Balaban J connectivity index is 1.73. The molecule has 1 aliphatic rings. The Morgan fingerprint density at radius 3 is 2.74 bits per heavy atom. The molecule has 2 aromatic carbocycles. The fourth-order valence-corrected chi connectivity index (χ4v) is 2.90. The van der Waals surface area contributed by atoms with E-state index in [2.05, 4.69) is 31.2 Å². The average molecular weight is 273 g/mol. The molecule has 0 fully saturated rings. The van der Waals surface area contributed by atoms with E-state index in [1.54, 1.807) is 0 Å². The molecule has 0 saturated heterocycles. The topological polar surface area (TPSA) is 9.23 Å². The number of benzene rings is 2. The van der Waals surface area contributed by atoms with Crippen molar-refractivity contribution in [3.8, 4) is 5.75 Å². The minimum Gasteiger partial charge on any atom is -0.489 e. The molecule has 2 atom stereocenters. The van der Waals surface area contributed by atoms with Crippen LogP contribution in [0.4, 0.5) is 0 Å². The van der Waals surface area contributed by atoms with Crippen molar-refractivity contribution in [3.63, 3.8) is 0 Å². The molecule has 1 nitrogen and oxygen atoms in total. The number of hydrogen-bond donors (Lipinski definition) is 0. The SMILES string of the molecule is CC1Cc2ccc(OCc3ccccc3)cc2C1Cl. The Labute approximate surface area is 119 Å². The summed E-state index contributed by atoms with van der Waals surface area (Å²) < 4.78 is 5.84. The van der Waals surface area contributed by atoms with Crippen LogP contribution in [0.2, 0.25) is 0 Å². The lowest BCUT2D eigenvalue weighted by molar-refractivity contribution is 0.306. The van der Waals surface area contributed by atoms with Crippen molar-refractivity contribution < 1.29 is 4.74 Å². The van der Waals surface area contributed by atoms with Gasteiger partial charge in [-0.05, 0) is 41.2 Å². The molecule has 3 rings (SSSR count). The fourth-order valence-electron chi connectivity index (χ4n) is 2.60. The van der Waals surface area contributed by atoms with Gasteiger partial charge in [0.1, 0.15) is 12.4 Å². The Bertz CT molecular complexity index is 565. The second-order valence-electron chi connectivity index (χ2n) is 5.22. The summed E-state index contributed by atoms with van der Waals surface area (Å²) in [6, 6.07) is 16.5. The molecule has 2 aromatic rings. The summed E-state index contributed by atoms with van der Waals surface area (Å²) in [5, 5.41) is 0.121. The number of ether oxygens (including phenoxy) is 1. The largest absolute Gasteiger partial charge is 0.489 e. The summed E-state index contributed by atoms with van der Waals surface area (Å²) in [7, 11) is 0. The maximum atomic E-state index is 6.43. The van der Waals surface area contributed by atoms with Gasteiger partial charge in [0.25, 0.3) is 0 Å². The highest BCUT2D eigenvalue weighted by atomic mass is 35.5. The summed E-state index contributed by atoms with van der Waals surface area (Å²) in [4.78, 5) is 0. The smallest absolute Gasteiger partial charge is 0.120 e. The van der Waals surface area contributed by atoms with E-state index in [0.29, 0.717) is 12.5 Å². The second kappa shape index (κ2) is 5.26. The molecule has 2 heteroatoms. The lowest BCUT2D eigenvalue weighted by Gasteiger charge is -2.10. The van der Waals surface area contributed by atoms with Crippen LogP contribution in [0.15, 0.2) is 48.5 Å². The zero-order valence-corrected chi connectivity index (χ0v) is 11.7. The van der Waals surface area contributed by atoms with Crippen molar-refractivity contribution in [2.75, 3.05) is 0 Å². The van der Waals surface area contributed by atoms with Crippen molar-refractivity contribution in [1.29, 1.82) is 0 Å². The average Bonchev–Trinajstić information content (AvgIpc) is 2.73. The van der Waals surface area contributed by atoms with Gasteiger partial charge in [0.15, 0.2) is 0 Å². The number of fused-ring (bicyclic) bond motifs is 1. The lowest BCUT2D eigenvalue weighted by Crippen LogP contribution is -1.97. The van der Waals surface area contributed by atoms with E-state index in [4.69, 9.17) is 16.3 Å². The highest BCUT2D eigenvalue weighted by molar-refractivity contribution is 6.21. The van der Waals surface area contributed by atoms with Crippen molar-refractivity contribution in [3.05, 3.63) is 65.2 Å². The van der Waals surface area contributed by atoms with E-state index in [-0.39, 0.29) is 5.38 Å². The minimum absolute atomic E-state index is 0.121. The van der Waals surface area contributed by atoms with E-state index in [1.165, 1.54) is 16.7 Å². The predicted molar refractivity (Wildman–Crippen MR) is 78.7 cm³/mol. The quantitative estimate of drug-likeness (QED) is 0.734. The predicted octanol–water partition coefficient (Wildman–Crippen LogP) is 4.74. The normalized spacial score (nSPS) is 21.2. The molecule has 0 amide bonds. The van der Waals surface area contributed by atoms with Gasteiger partial charge in [-0.2, -0.15) is 0 Å². The number of alkyl halides is 1. The van der Waals surface area contributed by atoms with E-state index in [1.807, 2.05) is 24.3 Å². The molecular formula is C17H17ClO. The molecule has 1 aliphatic carbocycles. The Hall–Kier alpha value is -1.47. The van der Waals surface area contributed by atoms with Crippen molar-refractivity contribution in [2.24, 2.45) is 5.92 Å². The first kappa shape index (κ1) is 12.6. The molecule has 0 saturated carbocycles. The van der Waals surface area contributed by atoms with Gasteiger partial charge in [-0.3, -0.25) is 0 Å². The van der Waals surface area contributed by atoms with Crippen LogP contribution < -0.4 is 4.74 Å². The molecule has 98 valence electrons. The standard InChI is InChI=1S/C17H17ClO/c1-12-9-14-7-8-15(10-16(14)17(12)18)19-11-13-5-3-2-4-6-13/h2-8,10,12,17H,9,11H2,1H3. The van der Waals surface area contributed by atoms with Crippen LogP contribution in [-0.2, 0) is 13.0 Å². The molecular weight excluding hydrogens is 256 g/mol. The van der Waals surface area contributed by atoms with Gasteiger partial charge in [0, 0.05) is 0 Å². The van der Waals surface area contributed by atoms with Crippen molar-refractivity contribution >= 4 is 11.6 Å². The van der Waals surface area contributed by atoms with E-state index < -0.39 is 0 Å². The van der Waals surface area contributed by atoms with Crippen LogP contribution in [0.5, 0.6) is 5.75 Å². The fraction of sp³-hybridized carbons (Fsp3) is 0.294. The van der Waals surface area contributed by atoms with Crippen LogP contribution in [-0.4, -0.2) is 0 Å². The maximum Gasteiger partial charge on any atom is 0.120 e. The molecule has 0 N–H and O–H groups in total. The van der Waals surface area contributed by atoms with Gasteiger partial charge in [0.05, 0.1) is 5.38 Å². The van der Waals surface area contributed by atoms with Gasteiger partial charge in [-0.25, -0.2) is 0 Å². The molecule has 2 unspecified atom stereocenters. The highest BCUT2D eigenvalue weighted by Crippen LogP contribution is 2.41. The monoisotopic (exact) mass is 272 g/mol. The highest BCUT2D eigenvalue weighted by Gasteiger charge is 2.27. The molecule has 0 bridgehead atoms. The van der Waals surface area contributed by atoms with Crippen LogP contribution in [0.3, 0.4) is 0 Å². The third-order valence-electron chi connectivity index (χ3n) is 3.70. The first-order valence-electron chi connectivity index (χ1n) is 6.67. The molecule has 0 spiro atoms. The van der Waals surface area contributed by atoms with Gasteiger partial charge in [-0.1, -0.05) is 43.3 Å². The minimum atomic E-state index is 0.121. The number of halogens is 1. The van der Waals surface area contributed by atoms with Crippen LogP contribution in [0, 0.1) is 5.92 Å². The maximum absolute atomic E-state index is 6.43. The summed E-state index contributed by atoms with van der Waals surface area (Å²) in [6.07, 6.45) is 1.07. The van der Waals surface area contributed by atoms with Gasteiger partial charge in [-0.15, -0.1) is 11.6 Å². The van der Waals surface area contributed by atoms with E-state index >= 15 is 0 Å². The molecule has 0 radical (unpaired) electrons. The zero-order chi connectivity index (χ0) is 13.2. The zero-order valence-electron chi connectivity index (χ0n) is 11.0. The third-order valence-corrected chi connectivity index (χ3v) is 4.37. The van der Waals surface area contributed by atoms with Crippen LogP contribution in [0.1, 0.15) is 29.0 Å². The summed E-state index contributed by atoms with van der Waals surface area (Å²) in [6.45, 7) is 2.80. The van der Waals surface area contributed by atoms with Gasteiger partial charge >= 0.3 is 0 Å². The first-order chi connectivity index (χ1) is 9.24. The van der Waals surface area contributed by atoms with E-state index in [0.717, 1.165) is 12.2 Å². The van der Waals surface area contributed by atoms with Gasteiger partial charge < -0.3 is 4.74 Å². The van der Waals surface area contributed by atoms with Crippen LogP contribution >= 0.6 is 11.6 Å². The van der Waals surface area contributed by atoms with E-state index in [9.17, 15) is 0 Å². The second-order valence-corrected chi connectivity index (χ2v) is 5.69. The van der Waals surface area contributed by atoms with Gasteiger partial charge in [0.2, 0.25) is 0 Å². The first-order valence-corrected chi connectivity index (χ1v) is 7.11. The number of rotatable bonds is 3. The molecule has 0 heterocycles. The van der Waals surface area contributed by atoms with Crippen molar-refractivity contribution in [1.82, 2.24) is 0 Å².